The van der Waals surface area contributed by atoms with Crippen LogP contribution in [0.1, 0.15) is 66.2 Å². The predicted octanol–water partition coefficient (Wildman–Crippen LogP) is 3.30. The normalized spacial score (nSPS) is 38.3. The molecule has 2 saturated carbocycles. The average Bonchev–Trinajstić information content (AvgIpc) is 2.81. The van der Waals surface area contributed by atoms with E-state index in [1.165, 1.54) is 19.3 Å². The Hall–Kier alpha value is -0.570. The second-order valence-corrected chi connectivity index (χ2v) is 7.64. The summed E-state index contributed by atoms with van der Waals surface area (Å²) in [4.78, 5) is 12.0. The van der Waals surface area contributed by atoms with Gasteiger partial charge in [-0.2, -0.15) is 0 Å². The van der Waals surface area contributed by atoms with E-state index in [-0.39, 0.29) is 23.4 Å². The van der Waals surface area contributed by atoms with Crippen LogP contribution in [0, 0.1) is 16.7 Å². The first kappa shape index (κ1) is 14.8. The van der Waals surface area contributed by atoms with Gasteiger partial charge in [-0.15, -0.1) is 0 Å². The molecule has 1 N–H and O–H groups in total. The van der Waals surface area contributed by atoms with Gasteiger partial charge in [-0.1, -0.05) is 26.2 Å². The molecule has 0 radical (unpaired) electrons. The van der Waals surface area contributed by atoms with Crippen molar-refractivity contribution in [3.8, 4) is 0 Å². The lowest BCUT2D eigenvalue weighted by atomic mass is 9.90. The molecule has 1 unspecified atom stereocenters. The maximum atomic E-state index is 12.0. The van der Waals surface area contributed by atoms with E-state index < -0.39 is 5.60 Å². The SMILES string of the molecule is CC(C)(C)OC(=O)CC1[C@@]2(CO)CCCCC[C@@]12C. The zero-order chi connectivity index (χ0) is 14.3. The van der Waals surface area contributed by atoms with Crippen molar-refractivity contribution in [1.82, 2.24) is 0 Å². The minimum Gasteiger partial charge on any atom is -0.460 e. The molecule has 3 heteroatoms. The molecule has 110 valence electrons. The fourth-order valence-corrected chi connectivity index (χ4v) is 4.28. The van der Waals surface area contributed by atoms with Crippen LogP contribution in [0.4, 0.5) is 0 Å². The molecule has 0 aromatic carbocycles. The van der Waals surface area contributed by atoms with Crippen LogP contribution in [0.2, 0.25) is 0 Å². The molecular formula is C16H28O3. The molecule has 0 saturated heterocycles. The molecule has 19 heavy (non-hydrogen) atoms. The van der Waals surface area contributed by atoms with Gasteiger partial charge in [0.2, 0.25) is 0 Å². The maximum Gasteiger partial charge on any atom is 0.306 e. The summed E-state index contributed by atoms with van der Waals surface area (Å²) in [5, 5.41) is 9.85. The van der Waals surface area contributed by atoms with Crippen LogP contribution in [-0.2, 0) is 9.53 Å². The van der Waals surface area contributed by atoms with Crippen molar-refractivity contribution in [2.24, 2.45) is 16.7 Å². The maximum absolute atomic E-state index is 12.0. The van der Waals surface area contributed by atoms with Gasteiger partial charge in [0.05, 0.1) is 0 Å². The molecule has 0 amide bonds. The molecule has 0 spiro atoms. The Morgan fingerprint density at radius 1 is 1.26 bits per heavy atom. The predicted molar refractivity (Wildman–Crippen MR) is 74.7 cm³/mol. The Kier molecular flexibility index (Phi) is 3.72. The molecule has 0 aromatic heterocycles. The highest BCUT2D eigenvalue weighted by molar-refractivity contribution is 5.71. The van der Waals surface area contributed by atoms with E-state index in [0.29, 0.717) is 12.3 Å². The lowest BCUT2D eigenvalue weighted by Gasteiger charge is -2.20. The highest BCUT2D eigenvalue weighted by atomic mass is 16.6. The zero-order valence-corrected chi connectivity index (χ0v) is 12.8. The molecular weight excluding hydrogens is 240 g/mol. The third-order valence-corrected chi connectivity index (χ3v) is 5.38. The van der Waals surface area contributed by atoms with Crippen molar-refractivity contribution in [3.63, 3.8) is 0 Å². The van der Waals surface area contributed by atoms with Crippen LogP contribution in [0.3, 0.4) is 0 Å². The lowest BCUT2D eigenvalue weighted by molar-refractivity contribution is -0.155. The molecule has 2 rings (SSSR count). The van der Waals surface area contributed by atoms with E-state index in [1.807, 2.05) is 20.8 Å². The summed E-state index contributed by atoms with van der Waals surface area (Å²) in [5.74, 6) is 0.194. The number of rotatable bonds is 3. The molecule has 2 fully saturated rings. The van der Waals surface area contributed by atoms with Crippen LogP contribution in [-0.4, -0.2) is 23.3 Å². The summed E-state index contributed by atoms with van der Waals surface area (Å²) < 4.78 is 5.44. The van der Waals surface area contributed by atoms with Gasteiger partial charge in [0.15, 0.2) is 0 Å². The third kappa shape index (κ3) is 2.54. The van der Waals surface area contributed by atoms with Crippen LogP contribution in [0.5, 0.6) is 0 Å². The van der Waals surface area contributed by atoms with Crippen LogP contribution >= 0.6 is 0 Å². The number of hydrogen-bond acceptors (Lipinski definition) is 3. The van der Waals surface area contributed by atoms with Crippen LogP contribution in [0.25, 0.3) is 0 Å². The van der Waals surface area contributed by atoms with Gasteiger partial charge >= 0.3 is 5.97 Å². The van der Waals surface area contributed by atoms with Crippen LogP contribution in [0.15, 0.2) is 0 Å². The molecule has 0 aromatic rings. The first-order valence-electron chi connectivity index (χ1n) is 7.58. The Labute approximate surface area is 116 Å². The van der Waals surface area contributed by atoms with E-state index in [4.69, 9.17) is 4.74 Å². The van der Waals surface area contributed by atoms with Crippen LogP contribution < -0.4 is 0 Å². The molecule has 0 aliphatic heterocycles. The molecule has 2 aliphatic rings. The van der Waals surface area contributed by atoms with Gasteiger partial charge in [0.25, 0.3) is 0 Å². The Morgan fingerprint density at radius 2 is 1.89 bits per heavy atom. The van der Waals surface area contributed by atoms with E-state index >= 15 is 0 Å². The minimum absolute atomic E-state index is 0.0135. The van der Waals surface area contributed by atoms with Crippen molar-refractivity contribution in [3.05, 3.63) is 0 Å². The number of aliphatic hydroxyl groups is 1. The third-order valence-electron chi connectivity index (χ3n) is 5.38. The molecule has 2 aliphatic carbocycles. The van der Waals surface area contributed by atoms with E-state index in [9.17, 15) is 9.90 Å². The summed E-state index contributed by atoms with van der Waals surface area (Å²) in [7, 11) is 0. The highest BCUT2D eigenvalue weighted by Crippen LogP contribution is 2.75. The number of ether oxygens (including phenoxy) is 1. The van der Waals surface area contributed by atoms with Gasteiger partial charge in [0, 0.05) is 18.4 Å². The van der Waals surface area contributed by atoms with Gasteiger partial charge in [-0.25, -0.2) is 0 Å². The first-order valence-corrected chi connectivity index (χ1v) is 7.58. The molecule has 3 nitrogen and oxygen atoms in total. The van der Waals surface area contributed by atoms with Gasteiger partial charge in [-0.3, -0.25) is 4.79 Å². The summed E-state index contributed by atoms with van der Waals surface area (Å²) in [6, 6.07) is 0. The summed E-state index contributed by atoms with van der Waals surface area (Å²) in [6.45, 7) is 8.18. The average molecular weight is 268 g/mol. The summed E-state index contributed by atoms with van der Waals surface area (Å²) in [6.07, 6.45) is 6.34. The second-order valence-electron chi connectivity index (χ2n) is 7.64. The van der Waals surface area contributed by atoms with E-state index in [2.05, 4.69) is 6.92 Å². The number of esters is 1. The quantitative estimate of drug-likeness (QED) is 0.799. The van der Waals surface area contributed by atoms with Crippen molar-refractivity contribution < 1.29 is 14.6 Å². The number of carbonyl (C=O) groups is 1. The summed E-state index contributed by atoms with van der Waals surface area (Å²) in [5.41, 5.74) is -0.281. The number of hydrogen-bond donors (Lipinski definition) is 1. The monoisotopic (exact) mass is 268 g/mol. The first-order chi connectivity index (χ1) is 8.75. The van der Waals surface area contributed by atoms with Crippen molar-refractivity contribution in [1.29, 1.82) is 0 Å². The highest BCUT2D eigenvalue weighted by Gasteiger charge is 2.72. The zero-order valence-electron chi connectivity index (χ0n) is 12.8. The van der Waals surface area contributed by atoms with E-state index in [1.54, 1.807) is 0 Å². The number of carbonyl (C=O) groups excluding carboxylic acids is 1. The minimum atomic E-state index is -0.415. The van der Waals surface area contributed by atoms with Gasteiger partial charge in [0.1, 0.15) is 5.60 Å². The van der Waals surface area contributed by atoms with Gasteiger partial charge in [-0.05, 0) is 44.9 Å². The Balaban J connectivity index is 2.04. The van der Waals surface area contributed by atoms with E-state index in [0.717, 1.165) is 12.8 Å². The van der Waals surface area contributed by atoms with Crippen molar-refractivity contribution in [2.75, 3.05) is 6.61 Å². The second kappa shape index (κ2) is 4.76. The fraction of sp³-hybridized carbons (Fsp3) is 0.938. The van der Waals surface area contributed by atoms with Crippen molar-refractivity contribution in [2.45, 2.75) is 71.8 Å². The topological polar surface area (TPSA) is 46.5 Å². The Morgan fingerprint density at radius 3 is 2.47 bits per heavy atom. The number of fused-ring (bicyclic) bond motifs is 1. The van der Waals surface area contributed by atoms with Gasteiger partial charge < -0.3 is 9.84 Å². The van der Waals surface area contributed by atoms with Crippen molar-refractivity contribution >= 4 is 5.97 Å². The fourth-order valence-electron chi connectivity index (χ4n) is 4.28. The number of aliphatic hydroxyl groups excluding tert-OH is 1. The lowest BCUT2D eigenvalue weighted by Crippen LogP contribution is -2.24. The smallest absolute Gasteiger partial charge is 0.306 e. The molecule has 0 bridgehead atoms. The standard InChI is InChI=1S/C16H28O3/c1-14(2,3)19-13(18)10-12-15(4)8-6-5-7-9-16(12,15)11-17/h12,17H,5-11H2,1-4H3/t12?,15-,16-/m0/s1. The molecule has 0 heterocycles. The largest absolute Gasteiger partial charge is 0.460 e. The molecule has 3 atom stereocenters. The Bertz CT molecular complexity index is 357. The summed E-state index contributed by atoms with van der Waals surface area (Å²) >= 11 is 0.